The number of methoxy groups -OCH3 is 2. The lowest BCUT2D eigenvalue weighted by atomic mass is 9.82. The summed E-state index contributed by atoms with van der Waals surface area (Å²) >= 11 is 0. The number of esters is 1. The number of ether oxygens (including phenoxy) is 3. The molecule has 1 saturated carbocycles. The van der Waals surface area contributed by atoms with Crippen LogP contribution in [0.2, 0.25) is 0 Å². The van der Waals surface area contributed by atoms with Crippen molar-refractivity contribution >= 4 is 29.9 Å². The molecule has 31 heavy (non-hydrogen) atoms. The highest BCUT2D eigenvalue weighted by Crippen LogP contribution is 2.33. The number of hydrazine groups is 1. The van der Waals surface area contributed by atoms with Crippen LogP contribution in [0, 0.1) is 0 Å². The molecule has 1 aliphatic carbocycles. The molecule has 0 aromatic heterocycles. The molecule has 0 radical (unpaired) electrons. The standard InChI is InChI=1S/C21H25N3O7/c1-29-15-10-14(11-16(12-15)30-2)6-7-18(26)31-13-17(25)23-24-19(27)21(22-20(24)28)8-4-3-5-9-21/h6-7,10-12H,3-5,8-9,13H2,1-2H3,(H,22,28)(H,23,25)/b7-6+. The molecule has 1 heterocycles. The number of nitrogens with one attached hydrogen (secondary N) is 2. The predicted molar refractivity (Wildman–Crippen MR) is 109 cm³/mol. The van der Waals surface area contributed by atoms with Crippen LogP contribution >= 0.6 is 0 Å². The molecule has 10 nitrogen and oxygen atoms in total. The number of carbonyl (C=O) groups is 4. The van der Waals surface area contributed by atoms with E-state index in [0.717, 1.165) is 25.3 Å². The lowest BCUT2D eigenvalue weighted by Gasteiger charge is -2.30. The Morgan fingerprint density at radius 3 is 2.35 bits per heavy atom. The van der Waals surface area contributed by atoms with Crippen LogP contribution in [-0.4, -0.2) is 55.2 Å². The zero-order valence-electron chi connectivity index (χ0n) is 17.4. The minimum Gasteiger partial charge on any atom is -0.497 e. The van der Waals surface area contributed by atoms with Gasteiger partial charge in [0.15, 0.2) is 6.61 Å². The van der Waals surface area contributed by atoms with Crippen LogP contribution in [0.5, 0.6) is 11.5 Å². The number of imide groups is 1. The van der Waals surface area contributed by atoms with E-state index in [1.807, 2.05) is 0 Å². The molecule has 1 saturated heterocycles. The molecule has 1 spiro atoms. The number of amides is 4. The summed E-state index contributed by atoms with van der Waals surface area (Å²) < 4.78 is 15.2. The minimum absolute atomic E-state index is 0.483. The molecule has 166 valence electrons. The van der Waals surface area contributed by atoms with Gasteiger partial charge in [0.05, 0.1) is 14.2 Å². The second-order valence-electron chi connectivity index (χ2n) is 7.34. The molecular formula is C21H25N3O7. The van der Waals surface area contributed by atoms with E-state index in [1.165, 1.54) is 20.3 Å². The normalized spacial score (nSPS) is 17.5. The van der Waals surface area contributed by atoms with Crippen molar-refractivity contribution in [3.63, 3.8) is 0 Å². The van der Waals surface area contributed by atoms with Crippen LogP contribution in [0.15, 0.2) is 24.3 Å². The van der Waals surface area contributed by atoms with E-state index in [9.17, 15) is 19.2 Å². The van der Waals surface area contributed by atoms with Crippen LogP contribution in [0.25, 0.3) is 6.08 Å². The average molecular weight is 431 g/mol. The number of carbonyl (C=O) groups excluding carboxylic acids is 4. The summed E-state index contributed by atoms with van der Waals surface area (Å²) in [4.78, 5) is 48.8. The van der Waals surface area contributed by atoms with Crippen molar-refractivity contribution in [2.45, 2.75) is 37.6 Å². The van der Waals surface area contributed by atoms with E-state index in [-0.39, 0.29) is 0 Å². The highest BCUT2D eigenvalue weighted by Gasteiger charge is 2.52. The zero-order chi connectivity index (χ0) is 22.4. The molecular weight excluding hydrogens is 406 g/mol. The largest absolute Gasteiger partial charge is 0.497 e. The van der Waals surface area contributed by atoms with E-state index in [2.05, 4.69) is 10.7 Å². The maximum Gasteiger partial charge on any atom is 0.344 e. The van der Waals surface area contributed by atoms with Crippen LogP contribution in [0.3, 0.4) is 0 Å². The Hall–Kier alpha value is -3.56. The van der Waals surface area contributed by atoms with E-state index >= 15 is 0 Å². The van der Waals surface area contributed by atoms with Gasteiger partial charge in [-0.15, -0.1) is 0 Å². The topological polar surface area (TPSA) is 123 Å². The molecule has 2 N–H and O–H groups in total. The Morgan fingerprint density at radius 1 is 1.10 bits per heavy atom. The second kappa shape index (κ2) is 9.50. The quantitative estimate of drug-likeness (QED) is 0.381. The Balaban J connectivity index is 1.51. The van der Waals surface area contributed by atoms with Gasteiger partial charge in [-0.3, -0.25) is 15.0 Å². The number of nitrogens with zero attached hydrogens (tertiary/aromatic N) is 1. The Kier molecular flexibility index (Phi) is 6.78. The van der Waals surface area contributed by atoms with Gasteiger partial charge in [0, 0.05) is 12.1 Å². The summed E-state index contributed by atoms with van der Waals surface area (Å²) in [6.45, 7) is -0.644. The molecule has 0 unspecified atom stereocenters. The second-order valence-corrected chi connectivity index (χ2v) is 7.34. The Labute approximate surface area is 179 Å². The molecule has 1 aromatic rings. The zero-order valence-corrected chi connectivity index (χ0v) is 17.4. The van der Waals surface area contributed by atoms with Gasteiger partial charge in [-0.05, 0) is 36.6 Å². The number of rotatable bonds is 7. The molecule has 3 rings (SSSR count). The first kappa shape index (κ1) is 22.1. The van der Waals surface area contributed by atoms with E-state index < -0.39 is 36.0 Å². The number of urea groups is 1. The summed E-state index contributed by atoms with van der Waals surface area (Å²) in [7, 11) is 3.02. The monoisotopic (exact) mass is 431 g/mol. The van der Waals surface area contributed by atoms with E-state index in [0.29, 0.717) is 34.9 Å². The fraction of sp³-hybridized carbons (Fsp3) is 0.429. The van der Waals surface area contributed by atoms with Gasteiger partial charge in [0.2, 0.25) is 0 Å². The molecule has 1 aromatic carbocycles. The SMILES string of the molecule is COc1cc(/C=C/C(=O)OCC(=O)NN2C(=O)NC3(CCCCC3)C2=O)cc(OC)c1. The van der Waals surface area contributed by atoms with Crippen LogP contribution in [0.4, 0.5) is 4.79 Å². The Bertz CT molecular complexity index is 884. The van der Waals surface area contributed by atoms with Crippen LogP contribution in [-0.2, 0) is 19.1 Å². The molecule has 2 aliphatic rings. The van der Waals surface area contributed by atoms with Crippen molar-refractivity contribution in [3.05, 3.63) is 29.8 Å². The summed E-state index contributed by atoms with van der Waals surface area (Å²) in [5.74, 6) is -0.935. The molecule has 0 atom stereocenters. The van der Waals surface area contributed by atoms with Crippen molar-refractivity contribution < 1.29 is 33.4 Å². The highest BCUT2D eigenvalue weighted by atomic mass is 16.5. The predicted octanol–water partition coefficient (Wildman–Crippen LogP) is 1.55. The average Bonchev–Trinajstić information content (AvgIpc) is 3.00. The van der Waals surface area contributed by atoms with E-state index in [1.54, 1.807) is 18.2 Å². The fourth-order valence-electron chi connectivity index (χ4n) is 3.65. The summed E-state index contributed by atoms with van der Waals surface area (Å²) in [6, 6.07) is 4.39. The maximum absolute atomic E-state index is 12.6. The summed E-state index contributed by atoms with van der Waals surface area (Å²) in [5.41, 5.74) is 1.90. The highest BCUT2D eigenvalue weighted by molar-refractivity contribution is 6.08. The number of benzene rings is 1. The molecule has 1 aliphatic heterocycles. The van der Waals surface area contributed by atoms with Crippen LogP contribution < -0.4 is 20.2 Å². The van der Waals surface area contributed by atoms with Gasteiger partial charge in [0.25, 0.3) is 11.8 Å². The third-order valence-electron chi connectivity index (χ3n) is 5.24. The minimum atomic E-state index is -0.945. The molecule has 0 bridgehead atoms. The van der Waals surface area contributed by atoms with Crippen molar-refractivity contribution in [2.75, 3.05) is 20.8 Å². The van der Waals surface area contributed by atoms with Crippen molar-refractivity contribution in [3.8, 4) is 11.5 Å². The number of hydrogen-bond acceptors (Lipinski definition) is 7. The van der Waals surface area contributed by atoms with Gasteiger partial charge in [-0.25, -0.2) is 9.59 Å². The molecule has 4 amide bonds. The number of hydrogen-bond donors (Lipinski definition) is 2. The Morgan fingerprint density at radius 2 is 1.74 bits per heavy atom. The molecule has 10 heteroatoms. The van der Waals surface area contributed by atoms with Gasteiger partial charge < -0.3 is 19.5 Å². The van der Waals surface area contributed by atoms with Crippen molar-refractivity contribution in [2.24, 2.45) is 0 Å². The third-order valence-corrected chi connectivity index (χ3v) is 5.24. The smallest absolute Gasteiger partial charge is 0.344 e. The lowest BCUT2D eigenvalue weighted by Crippen LogP contribution is -2.51. The summed E-state index contributed by atoms with van der Waals surface area (Å²) in [5, 5.41) is 3.35. The van der Waals surface area contributed by atoms with Crippen molar-refractivity contribution in [1.82, 2.24) is 15.8 Å². The first-order chi connectivity index (χ1) is 14.9. The van der Waals surface area contributed by atoms with Gasteiger partial charge in [0.1, 0.15) is 17.0 Å². The van der Waals surface area contributed by atoms with Gasteiger partial charge in [-0.1, -0.05) is 19.3 Å². The third kappa shape index (κ3) is 5.14. The van der Waals surface area contributed by atoms with Gasteiger partial charge in [-0.2, -0.15) is 5.01 Å². The van der Waals surface area contributed by atoms with Gasteiger partial charge >= 0.3 is 12.0 Å². The fourth-order valence-corrected chi connectivity index (χ4v) is 3.65. The van der Waals surface area contributed by atoms with Crippen LogP contribution in [0.1, 0.15) is 37.7 Å². The molecule has 2 fully saturated rings. The first-order valence-electron chi connectivity index (χ1n) is 9.91. The van der Waals surface area contributed by atoms with E-state index in [4.69, 9.17) is 14.2 Å². The first-order valence-corrected chi connectivity index (χ1v) is 9.91. The lowest BCUT2D eigenvalue weighted by molar-refractivity contribution is -0.147. The summed E-state index contributed by atoms with van der Waals surface area (Å²) in [6.07, 6.45) is 6.37. The maximum atomic E-state index is 12.6. The van der Waals surface area contributed by atoms with Crippen molar-refractivity contribution in [1.29, 1.82) is 0 Å².